The molecule has 0 spiro atoms. The van der Waals surface area contributed by atoms with E-state index < -0.39 is 35.8 Å². The maximum absolute atomic E-state index is 13.2. The largest absolute Gasteiger partial charge is 0.439 e. The molecule has 0 bridgehead atoms. The minimum Gasteiger partial charge on any atom is -0.439 e. The van der Waals surface area contributed by atoms with Crippen molar-refractivity contribution >= 4 is 6.09 Å². The van der Waals surface area contributed by atoms with E-state index in [1.807, 2.05) is 0 Å². The summed E-state index contributed by atoms with van der Waals surface area (Å²) in [5.74, 6) is -1.02. The Bertz CT molecular complexity index is 486. The minimum absolute atomic E-state index is 0.0202. The van der Waals surface area contributed by atoms with E-state index >= 15 is 0 Å². The zero-order valence-corrected chi connectivity index (χ0v) is 9.22. The van der Waals surface area contributed by atoms with Crippen LogP contribution in [0.1, 0.15) is 24.2 Å². The summed E-state index contributed by atoms with van der Waals surface area (Å²) in [5.41, 5.74) is -1.12. The van der Waals surface area contributed by atoms with Crippen molar-refractivity contribution in [1.29, 1.82) is 0 Å². The molecule has 1 N–H and O–H groups in total. The van der Waals surface area contributed by atoms with E-state index in [0.717, 1.165) is 12.1 Å². The van der Waals surface area contributed by atoms with Crippen molar-refractivity contribution in [3.05, 3.63) is 35.1 Å². The fourth-order valence-electron chi connectivity index (χ4n) is 1.81. The first kappa shape index (κ1) is 12.7. The van der Waals surface area contributed by atoms with E-state index in [1.165, 1.54) is 0 Å². The Morgan fingerprint density at radius 3 is 2.44 bits per heavy atom. The fraction of sp³-hybridized carbons (Fsp3) is 0.364. The Labute approximate surface area is 99.7 Å². The summed E-state index contributed by atoms with van der Waals surface area (Å²) in [6.07, 6.45) is -6.30. The molecule has 7 heteroatoms. The molecule has 0 aromatic heterocycles. The number of hydrogen-bond acceptors (Lipinski definition) is 2. The van der Waals surface area contributed by atoms with E-state index in [2.05, 4.69) is 5.32 Å². The molecular formula is C11H9F4NO2. The monoisotopic (exact) mass is 263 g/mol. The van der Waals surface area contributed by atoms with Gasteiger partial charge < -0.3 is 10.1 Å². The summed E-state index contributed by atoms with van der Waals surface area (Å²) in [6, 6.07) is 1.60. The van der Waals surface area contributed by atoms with Crippen LogP contribution in [0.5, 0.6) is 0 Å². The number of amides is 1. The molecule has 1 saturated heterocycles. The maximum Gasteiger partial charge on any atom is 0.416 e. The van der Waals surface area contributed by atoms with Gasteiger partial charge in [0.15, 0.2) is 0 Å². The third-order valence-electron chi connectivity index (χ3n) is 2.61. The number of hydrogen-bond donors (Lipinski definition) is 1. The molecule has 2 atom stereocenters. The van der Waals surface area contributed by atoms with Gasteiger partial charge in [-0.15, -0.1) is 0 Å². The third-order valence-corrected chi connectivity index (χ3v) is 2.61. The van der Waals surface area contributed by atoms with Crippen LogP contribution in [0, 0.1) is 5.82 Å². The number of alkyl carbamates (subject to hydrolysis) is 1. The number of benzene rings is 1. The summed E-state index contributed by atoms with van der Waals surface area (Å²) >= 11 is 0. The summed E-state index contributed by atoms with van der Waals surface area (Å²) < 4.78 is 55.5. The lowest BCUT2D eigenvalue weighted by Gasteiger charge is -2.15. The molecule has 0 saturated carbocycles. The SMILES string of the molecule is C[C@@H]1NC(=O)OC1c1cc(F)cc(C(F)(F)F)c1. The first-order chi connectivity index (χ1) is 8.27. The number of ether oxygens (including phenoxy) is 1. The highest BCUT2D eigenvalue weighted by atomic mass is 19.4. The van der Waals surface area contributed by atoms with E-state index in [1.54, 1.807) is 6.92 Å². The Morgan fingerprint density at radius 2 is 1.94 bits per heavy atom. The van der Waals surface area contributed by atoms with Crippen molar-refractivity contribution < 1.29 is 27.1 Å². The molecule has 1 fully saturated rings. The summed E-state index contributed by atoms with van der Waals surface area (Å²) in [6.45, 7) is 1.56. The standard InChI is InChI=1S/C11H9F4NO2/c1-5-9(18-10(17)16-5)6-2-7(11(13,14)15)4-8(12)3-6/h2-5,9H,1H3,(H,16,17)/t5-,9?/m0/s1. The fourth-order valence-corrected chi connectivity index (χ4v) is 1.81. The topological polar surface area (TPSA) is 38.3 Å². The molecule has 1 amide bonds. The molecule has 1 aromatic rings. The van der Waals surface area contributed by atoms with E-state index in [-0.39, 0.29) is 5.56 Å². The van der Waals surface area contributed by atoms with Crippen LogP contribution in [0.15, 0.2) is 18.2 Å². The van der Waals surface area contributed by atoms with Crippen LogP contribution >= 0.6 is 0 Å². The Kier molecular flexibility index (Phi) is 2.92. The molecule has 1 aromatic carbocycles. The smallest absolute Gasteiger partial charge is 0.416 e. The molecule has 0 aliphatic carbocycles. The van der Waals surface area contributed by atoms with Crippen LogP contribution in [0.25, 0.3) is 0 Å². The van der Waals surface area contributed by atoms with Crippen molar-refractivity contribution in [2.24, 2.45) is 0 Å². The first-order valence-electron chi connectivity index (χ1n) is 5.12. The normalized spacial score (nSPS) is 23.7. The highest BCUT2D eigenvalue weighted by Crippen LogP contribution is 2.34. The van der Waals surface area contributed by atoms with Crippen LogP contribution < -0.4 is 5.32 Å². The van der Waals surface area contributed by atoms with Crippen LogP contribution in [0.4, 0.5) is 22.4 Å². The molecule has 1 aliphatic heterocycles. The molecule has 18 heavy (non-hydrogen) atoms. The second-order valence-corrected chi connectivity index (χ2v) is 4.03. The van der Waals surface area contributed by atoms with Crippen molar-refractivity contribution in [2.75, 3.05) is 0 Å². The van der Waals surface area contributed by atoms with Crippen molar-refractivity contribution in [3.8, 4) is 0 Å². The molecule has 2 rings (SSSR count). The van der Waals surface area contributed by atoms with Gasteiger partial charge in [-0.05, 0) is 30.7 Å². The average molecular weight is 263 g/mol. The second-order valence-electron chi connectivity index (χ2n) is 4.03. The highest BCUT2D eigenvalue weighted by molar-refractivity contribution is 5.70. The second kappa shape index (κ2) is 4.15. The highest BCUT2D eigenvalue weighted by Gasteiger charge is 2.36. The lowest BCUT2D eigenvalue weighted by Crippen LogP contribution is -2.24. The van der Waals surface area contributed by atoms with Gasteiger partial charge in [0.25, 0.3) is 0 Å². The van der Waals surface area contributed by atoms with Crippen molar-refractivity contribution in [1.82, 2.24) is 5.32 Å². The molecule has 3 nitrogen and oxygen atoms in total. The van der Waals surface area contributed by atoms with Gasteiger partial charge in [-0.3, -0.25) is 0 Å². The molecule has 98 valence electrons. The van der Waals surface area contributed by atoms with Gasteiger partial charge in [-0.2, -0.15) is 13.2 Å². The van der Waals surface area contributed by atoms with Crippen molar-refractivity contribution in [2.45, 2.75) is 25.2 Å². The lowest BCUT2D eigenvalue weighted by atomic mass is 10.0. The minimum atomic E-state index is -4.64. The van der Waals surface area contributed by atoms with Gasteiger partial charge in [0, 0.05) is 0 Å². The van der Waals surface area contributed by atoms with Gasteiger partial charge >= 0.3 is 12.3 Å². The Morgan fingerprint density at radius 1 is 1.28 bits per heavy atom. The Balaban J connectivity index is 2.40. The predicted molar refractivity (Wildman–Crippen MR) is 53.2 cm³/mol. The van der Waals surface area contributed by atoms with Gasteiger partial charge in [-0.1, -0.05) is 0 Å². The number of carbonyl (C=O) groups excluding carboxylic acids is 1. The van der Waals surface area contributed by atoms with Crippen LogP contribution in [0.2, 0.25) is 0 Å². The number of halogens is 4. The van der Waals surface area contributed by atoms with Crippen LogP contribution in [-0.4, -0.2) is 12.1 Å². The average Bonchev–Trinajstić information content (AvgIpc) is 2.55. The molecule has 1 aliphatic rings. The quantitative estimate of drug-likeness (QED) is 0.791. The predicted octanol–water partition coefficient (Wildman–Crippen LogP) is 3.01. The lowest BCUT2D eigenvalue weighted by molar-refractivity contribution is -0.137. The summed E-state index contributed by atoms with van der Waals surface area (Å²) in [4.78, 5) is 11.0. The number of alkyl halides is 3. The zero-order chi connectivity index (χ0) is 13.5. The number of rotatable bonds is 1. The van der Waals surface area contributed by atoms with E-state index in [0.29, 0.717) is 6.07 Å². The van der Waals surface area contributed by atoms with Crippen LogP contribution in [-0.2, 0) is 10.9 Å². The van der Waals surface area contributed by atoms with E-state index in [9.17, 15) is 22.4 Å². The molecule has 0 radical (unpaired) electrons. The third kappa shape index (κ3) is 2.39. The van der Waals surface area contributed by atoms with Gasteiger partial charge in [0.05, 0.1) is 11.6 Å². The first-order valence-corrected chi connectivity index (χ1v) is 5.12. The zero-order valence-electron chi connectivity index (χ0n) is 9.22. The number of carbonyl (C=O) groups is 1. The maximum atomic E-state index is 13.2. The molecule has 1 heterocycles. The van der Waals surface area contributed by atoms with Gasteiger partial charge in [0.1, 0.15) is 11.9 Å². The van der Waals surface area contributed by atoms with Gasteiger partial charge in [-0.25, -0.2) is 9.18 Å². The van der Waals surface area contributed by atoms with Gasteiger partial charge in [0.2, 0.25) is 0 Å². The summed E-state index contributed by atoms with van der Waals surface area (Å²) in [7, 11) is 0. The number of nitrogens with one attached hydrogen (secondary N) is 1. The summed E-state index contributed by atoms with van der Waals surface area (Å²) in [5, 5.41) is 2.38. The Hall–Kier alpha value is -1.79. The van der Waals surface area contributed by atoms with Crippen molar-refractivity contribution in [3.63, 3.8) is 0 Å². The molecular weight excluding hydrogens is 254 g/mol. The molecule has 1 unspecified atom stereocenters. The number of cyclic esters (lactones) is 1. The van der Waals surface area contributed by atoms with E-state index in [4.69, 9.17) is 4.74 Å². The van der Waals surface area contributed by atoms with Crippen LogP contribution in [0.3, 0.4) is 0 Å².